The number of hydrogen-bond donors (Lipinski definition) is 1. The zero-order valence-corrected chi connectivity index (χ0v) is 11.4. The summed E-state index contributed by atoms with van der Waals surface area (Å²) < 4.78 is 23.9. The Morgan fingerprint density at radius 1 is 1.20 bits per heavy atom. The van der Waals surface area contributed by atoms with Crippen LogP contribution in [0, 0.1) is 5.82 Å². The Morgan fingerprint density at radius 3 is 2.55 bits per heavy atom. The third kappa shape index (κ3) is 3.11. The van der Waals surface area contributed by atoms with Crippen LogP contribution in [-0.2, 0) is 0 Å². The molecular weight excluding hydrogens is 263 g/mol. The number of nitrogens with zero attached hydrogens (tertiary/aromatic N) is 3. The van der Waals surface area contributed by atoms with Crippen molar-refractivity contribution in [3.8, 4) is 23.1 Å². The first-order chi connectivity index (χ1) is 9.49. The molecule has 106 valence electrons. The monoisotopic (exact) mass is 278 g/mol. The van der Waals surface area contributed by atoms with Crippen molar-refractivity contribution in [3.63, 3.8) is 0 Å². The lowest BCUT2D eigenvalue weighted by atomic mass is 10.2. The minimum absolute atomic E-state index is 0.0156. The first kappa shape index (κ1) is 14.0. The molecule has 6 nitrogen and oxygen atoms in total. The van der Waals surface area contributed by atoms with Crippen molar-refractivity contribution in [2.24, 2.45) is 0 Å². The van der Waals surface area contributed by atoms with Crippen LogP contribution in [0.3, 0.4) is 0 Å². The van der Waals surface area contributed by atoms with E-state index in [-0.39, 0.29) is 29.6 Å². The number of rotatable bonds is 4. The van der Waals surface area contributed by atoms with E-state index >= 15 is 0 Å². The molecule has 0 spiro atoms. The van der Waals surface area contributed by atoms with Crippen LogP contribution < -0.4 is 15.2 Å². The lowest BCUT2D eigenvalue weighted by Gasteiger charge is -2.09. The molecule has 0 aliphatic rings. The van der Waals surface area contributed by atoms with Crippen molar-refractivity contribution < 1.29 is 13.9 Å². The molecule has 0 amide bonds. The van der Waals surface area contributed by atoms with Crippen LogP contribution in [-0.4, -0.2) is 28.2 Å². The van der Waals surface area contributed by atoms with Gasteiger partial charge in [-0.2, -0.15) is 15.0 Å². The smallest absolute Gasteiger partial charge is 0.322 e. The number of halogens is 1. The van der Waals surface area contributed by atoms with Gasteiger partial charge >= 0.3 is 6.01 Å². The minimum Gasteiger partial charge on any atom is -0.494 e. The zero-order chi connectivity index (χ0) is 14.7. The molecule has 0 unspecified atom stereocenters. The van der Waals surface area contributed by atoms with Crippen LogP contribution in [0.2, 0.25) is 0 Å². The van der Waals surface area contributed by atoms with Crippen LogP contribution in [0.4, 0.5) is 10.3 Å². The van der Waals surface area contributed by atoms with E-state index in [9.17, 15) is 4.39 Å². The highest BCUT2D eigenvalue weighted by atomic mass is 19.1. The van der Waals surface area contributed by atoms with E-state index in [0.717, 1.165) is 0 Å². The van der Waals surface area contributed by atoms with Crippen LogP contribution in [0.5, 0.6) is 11.8 Å². The number of methoxy groups -OCH3 is 1. The van der Waals surface area contributed by atoms with Gasteiger partial charge in [0, 0.05) is 5.56 Å². The third-order valence-electron chi connectivity index (χ3n) is 2.38. The Labute approximate surface area is 115 Å². The molecule has 1 aromatic heterocycles. The van der Waals surface area contributed by atoms with Gasteiger partial charge in [-0.25, -0.2) is 4.39 Å². The molecule has 1 heterocycles. The van der Waals surface area contributed by atoms with E-state index in [1.807, 2.05) is 13.8 Å². The van der Waals surface area contributed by atoms with Crippen molar-refractivity contribution >= 4 is 5.95 Å². The number of hydrogen-bond acceptors (Lipinski definition) is 6. The van der Waals surface area contributed by atoms with Crippen molar-refractivity contribution in [2.75, 3.05) is 12.8 Å². The molecule has 0 aliphatic heterocycles. The Hall–Kier alpha value is -2.44. The highest BCUT2D eigenvalue weighted by Gasteiger charge is 2.11. The average molecular weight is 278 g/mol. The molecule has 0 radical (unpaired) electrons. The summed E-state index contributed by atoms with van der Waals surface area (Å²) in [6, 6.07) is 4.51. The molecule has 0 saturated carbocycles. The van der Waals surface area contributed by atoms with Crippen molar-refractivity contribution in [1.29, 1.82) is 0 Å². The van der Waals surface area contributed by atoms with Crippen LogP contribution in [0.25, 0.3) is 11.4 Å². The van der Waals surface area contributed by atoms with Crippen molar-refractivity contribution in [2.45, 2.75) is 20.0 Å². The van der Waals surface area contributed by atoms with Gasteiger partial charge in [0.1, 0.15) is 0 Å². The number of benzene rings is 1. The summed E-state index contributed by atoms with van der Waals surface area (Å²) in [5.74, 6) is -0.0960. The number of nitrogens with two attached hydrogens (primary N) is 1. The topological polar surface area (TPSA) is 83.2 Å². The van der Waals surface area contributed by atoms with Gasteiger partial charge in [0.25, 0.3) is 0 Å². The summed E-state index contributed by atoms with van der Waals surface area (Å²) in [5, 5.41) is 0. The Morgan fingerprint density at radius 2 is 1.95 bits per heavy atom. The van der Waals surface area contributed by atoms with Crippen LogP contribution in [0.15, 0.2) is 18.2 Å². The van der Waals surface area contributed by atoms with Gasteiger partial charge in [0.2, 0.25) is 5.95 Å². The predicted octanol–water partition coefficient (Wildman–Crippen LogP) is 2.06. The number of anilines is 1. The second kappa shape index (κ2) is 5.68. The highest BCUT2D eigenvalue weighted by molar-refractivity contribution is 5.57. The maximum Gasteiger partial charge on any atom is 0.322 e. The van der Waals surface area contributed by atoms with E-state index in [4.69, 9.17) is 15.2 Å². The summed E-state index contributed by atoms with van der Waals surface area (Å²) in [7, 11) is 1.40. The quantitative estimate of drug-likeness (QED) is 0.921. The summed E-state index contributed by atoms with van der Waals surface area (Å²) in [4.78, 5) is 12.0. The summed E-state index contributed by atoms with van der Waals surface area (Å²) >= 11 is 0. The van der Waals surface area contributed by atoms with Gasteiger partial charge < -0.3 is 15.2 Å². The molecule has 2 rings (SSSR count). The maximum absolute atomic E-state index is 13.7. The summed E-state index contributed by atoms with van der Waals surface area (Å²) in [5.41, 5.74) is 6.07. The largest absolute Gasteiger partial charge is 0.494 e. The number of nitrogen functional groups attached to an aromatic ring is 1. The van der Waals surface area contributed by atoms with Crippen molar-refractivity contribution in [3.05, 3.63) is 24.0 Å². The van der Waals surface area contributed by atoms with E-state index in [1.165, 1.54) is 19.2 Å². The van der Waals surface area contributed by atoms with E-state index < -0.39 is 5.82 Å². The van der Waals surface area contributed by atoms with Gasteiger partial charge in [0.05, 0.1) is 13.2 Å². The van der Waals surface area contributed by atoms with Crippen molar-refractivity contribution in [1.82, 2.24) is 15.0 Å². The first-order valence-electron chi connectivity index (χ1n) is 6.01. The fraction of sp³-hybridized carbons (Fsp3) is 0.308. The first-order valence-corrected chi connectivity index (χ1v) is 6.01. The molecule has 20 heavy (non-hydrogen) atoms. The molecule has 0 atom stereocenters. The SMILES string of the molecule is COc1ccc(-c2nc(N)nc(OC(C)C)n2)cc1F. The lowest BCUT2D eigenvalue weighted by molar-refractivity contribution is 0.222. The molecule has 0 fully saturated rings. The Balaban J connectivity index is 2.41. The fourth-order valence-electron chi connectivity index (χ4n) is 1.57. The molecular formula is C13H15FN4O2. The maximum atomic E-state index is 13.7. The highest BCUT2D eigenvalue weighted by Crippen LogP contribution is 2.24. The second-order valence-corrected chi connectivity index (χ2v) is 4.32. The Kier molecular flexibility index (Phi) is 3.97. The lowest BCUT2D eigenvalue weighted by Crippen LogP contribution is -2.11. The van der Waals surface area contributed by atoms with Crippen LogP contribution in [0.1, 0.15) is 13.8 Å². The second-order valence-electron chi connectivity index (χ2n) is 4.32. The molecule has 2 aromatic rings. The Bertz CT molecular complexity index is 619. The molecule has 7 heteroatoms. The predicted molar refractivity (Wildman–Crippen MR) is 71.9 cm³/mol. The number of aromatic nitrogens is 3. The molecule has 1 aromatic carbocycles. The fourth-order valence-corrected chi connectivity index (χ4v) is 1.57. The summed E-state index contributed by atoms with van der Waals surface area (Å²) in [6.45, 7) is 3.68. The normalized spacial score (nSPS) is 10.7. The third-order valence-corrected chi connectivity index (χ3v) is 2.38. The molecule has 0 saturated heterocycles. The van der Waals surface area contributed by atoms with Gasteiger partial charge in [0.15, 0.2) is 17.4 Å². The zero-order valence-electron chi connectivity index (χ0n) is 11.4. The van der Waals surface area contributed by atoms with Gasteiger partial charge in [-0.15, -0.1) is 0 Å². The van der Waals surface area contributed by atoms with Crippen LogP contribution >= 0.6 is 0 Å². The van der Waals surface area contributed by atoms with Gasteiger partial charge in [-0.05, 0) is 32.0 Å². The van der Waals surface area contributed by atoms with Gasteiger partial charge in [-0.3, -0.25) is 0 Å². The molecule has 0 aliphatic carbocycles. The van der Waals surface area contributed by atoms with Gasteiger partial charge in [-0.1, -0.05) is 0 Å². The van der Waals surface area contributed by atoms with E-state index in [0.29, 0.717) is 5.56 Å². The summed E-state index contributed by atoms with van der Waals surface area (Å²) in [6.07, 6.45) is -0.0998. The molecule has 2 N–H and O–H groups in total. The minimum atomic E-state index is -0.504. The average Bonchev–Trinajstić information content (AvgIpc) is 2.37. The molecule has 0 bridgehead atoms. The number of ether oxygens (including phenoxy) is 2. The standard InChI is InChI=1S/C13H15FN4O2/c1-7(2)20-13-17-11(16-12(15)18-13)8-4-5-10(19-3)9(14)6-8/h4-7H,1-3H3,(H2,15,16,17,18). The van der Waals surface area contributed by atoms with E-state index in [2.05, 4.69) is 15.0 Å². The van der Waals surface area contributed by atoms with E-state index in [1.54, 1.807) is 6.07 Å².